The molecule has 1 spiro atoms. The Kier molecular flexibility index (Phi) is 1.56. The zero-order valence-electron chi connectivity index (χ0n) is 8.20. The highest BCUT2D eigenvalue weighted by Gasteiger charge is 2.57. The zero-order chi connectivity index (χ0) is 9.65. The van der Waals surface area contributed by atoms with E-state index in [9.17, 15) is 0 Å². The molecule has 3 rings (SSSR count). The molecule has 1 heterocycles. The van der Waals surface area contributed by atoms with Gasteiger partial charge in [0.1, 0.15) is 0 Å². The molecule has 74 valence electrons. The minimum absolute atomic E-state index is 0.0783. The number of rotatable bonds is 1. The summed E-state index contributed by atoms with van der Waals surface area (Å²) in [6, 6.07) is 10.4. The van der Waals surface area contributed by atoms with Gasteiger partial charge >= 0.3 is 0 Å². The Hall–Kier alpha value is -0.860. The summed E-state index contributed by atoms with van der Waals surface area (Å²) in [6.07, 6.45) is 2.17. The van der Waals surface area contributed by atoms with Gasteiger partial charge < -0.3 is 10.5 Å². The van der Waals surface area contributed by atoms with E-state index < -0.39 is 0 Å². The molecule has 0 aromatic heterocycles. The van der Waals surface area contributed by atoms with E-state index >= 15 is 0 Å². The lowest BCUT2D eigenvalue weighted by Gasteiger charge is -2.59. The number of benzene rings is 1. The van der Waals surface area contributed by atoms with E-state index in [1.165, 1.54) is 5.56 Å². The standard InChI is InChI=1S/C12H15NO/c13-12(10-4-2-1-3-5-10)6-11(7-12)8-14-9-11/h1-5H,6-9,13H2. The molecule has 14 heavy (non-hydrogen) atoms. The lowest BCUT2D eigenvalue weighted by molar-refractivity contribution is -0.188. The third kappa shape index (κ3) is 1.04. The fraction of sp³-hybridized carbons (Fsp3) is 0.500. The van der Waals surface area contributed by atoms with Gasteiger partial charge in [0.15, 0.2) is 0 Å². The molecule has 1 aromatic carbocycles. The van der Waals surface area contributed by atoms with Crippen molar-refractivity contribution in [2.45, 2.75) is 18.4 Å². The van der Waals surface area contributed by atoms with Crippen LogP contribution in [0, 0.1) is 5.41 Å². The molecule has 1 aromatic rings. The van der Waals surface area contributed by atoms with Gasteiger partial charge in [-0.3, -0.25) is 0 Å². The number of nitrogens with two attached hydrogens (primary N) is 1. The summed E-state index contributed by atoms with van der Waals surface area (Å²) in [5, 5.41) is 0. The molecule has 0 atom stereocenters. The van der Waals surface area contributed by atoms with Crippen LogP contribution < -0.4 is 5.73 Å². The SMILES string of the molecule is NC1(c2ccccc2)CC2(COC2)C1. The predicted molar refractivity (Wildman–Crippen MR) is 54.8 cm³/mol. The molecule has 0 amide bonds. The monoisotopic (exact) mass is 189 g/mol. The van der Waals surface area contributed by atoms with Crippen molar-refractivity contribution in [2.75, 3.05) is 13.2 Å². The summed E-state index contributed by atoms with van der Waals surface area (Å²) in [5.41, 5.74) is 7.99. The third-order valence-electron chi connectivity index (χ3n) is 3.55. The average Bonchev–Trinajstić information content (AvgIpc) is 2.11. The second-order valence-electron chi connectivity index (χ2n) is 4.87. The van der Waals surface area contributed by atoms with Crippen LogP contribution in [0.2, 0.25) is 0 Å². The molecule has 2 fully saturated rings. The number of ether oxygens (including phenoxy) is 1. The van der Waals surface area contributed by atoms with Gasteiger partial charge in [-0.2, -0.15) is 0 Å². The van der Waals surface area contributed by atoms with Gasteiger partial charge in [-0.1, -0.05) is 30.3 Å². The molecule has 1 saturated heterocycles. The summed E-state index contributed by atoms with van der Waals surface area (Å²) in [7, 11) is 0. The van der Waals surface area contributed by atoms with Crippen molar-refractivity contribution >= 4 is 0 Å². The Morgan fingerprint density at radius 2 is 1.71 bits per heavy atom. The molecule has 1 aliphatic carbocycles. The second-order valence-corrected chi connectivity index (χ2v) is 4.87. The molecule has 0 radical (unpaired) electrons. The fourth-order valence-corrected chi connectivity index (χ4v) is 2.86. The van der Waals surface area contributed by atoms with E-state index in [2.05, 4.69) is 24.3 Å². The summed E-state index contributed by atoms with van der Waals surface area (Å²) in [5.74, 6) is 0. The molecule has 1 aliphatic heterocycles. The van der Waals surface area contributed by atoms with Gasteiger partial charge in [0, 0.05) is 11.0 Å². The normalized spacial score (nSPS) is 26.6. The molecular formula is C12H15NO. The average molecular weight is 189 g/mol. The van der Waals surface area contributed by atoms with Crippen LogP contribution in [0.25, 0.3) is 0 Å². The molecular weight excluding hydrogens is 174 g/mol. The molecule has 2 N–H and O–H groups in total. The lowest BCUT2D eigenvalue weighted by atomic mass is 9.54. The Bertz CT molecular complexity index is 335. The Morgan fingerprint density at radius 1 is 1.07 bits per heavy atom. The maximum Gasteiger partial charge on any atom is 0.0546 e. The smallest absolute Gasteiger partial charge is 0.0546 e. The predicted octanol–water partition coefficient (Wildman–Crippen LogP) is 1.65. The summed E-state index contributed by atoms with van der Waals surface area (Å²) in [4.78, 5) is 0. The first-order chi connectivity index (χ1) is 6.73. The van der Waals surface area contributed by atoms with Gasteiger partial charge in [0.25, 0.3) is 0 Å². The van der Waals surface area contributed by atoms with Crippen LogP contribution in [-0.2, 0) is 10.3 Å². The summed E-state index contributed by atoms with van der Waals surface area (Å²) >= 11 is 0. The second kappa shape index (κ2) is 2.59. The van der Waals surface area contributed by atoms with Gasteiger partial charge in [-0.15, -0.1) is 0 Å². The fourth-order valence-electron chi connectivity index (χ4n) is 2.86. The highest BCUT2D eigenvalue weighted by atomic mass is 16.5. The van der Waals surface area contributed by atoms with Crippen molar-refractivity contribution in [3.63, 3.8) is 0 Å². The third-order valence-corrected chi connectivity index (χ3v) is 3.55. The van der Waals surface area contributed by atoms with Crippen molar-refractivity contribution in [3.05, 3.63) is 35.9 Å². The van der Waals surface area contributed by atoms with Crippen LogP contribution in [0.15, 0.2) is 30.3 Å². The topological polar surface area (TPSA) is 35.2 Å². The molecule has 1 saturated carbocycles. The summed E-state index contributed by atoms with van der Waals surface area (Å²) in [6.45, 7) is 1.83. The van der Waals surface area contributed by atoms with Crippen molar-refractivity contribution in [1.29, 1.82) is 0 Å². The van der Waals surface area contributed by atoms with Gasteiger partial charge in [-0.05, 0) is 18.4 Å². The molecule has 2 nitrogen and oxygen atoms in total. The van der Waals surface area contributed by atoms with E-state index in [0.29, 0.717) is 5.41 Å². The van der Waals surface area contributed by atoms with Crippen molar-refractivity contribution in [1.82, 2.24) is 0 Å². The highest BCUT2D eigenvalue weighted by molar-refractivity contribution is 5.29. The van der Waals surface area contributed by atoms with Crippen LogP contribution in [-0.4, -0.2) is 13.2 Å². The van der Waals surface area contributed by atoms with E-state index in [0.717, 1.165) is 26.1 Å². The van der Waals surface area contributed by atoms with Crippen LogP contribution in [0.5, 0.6) is 0 Å². The first kappa shape index (κ1) is 8.45. The minimum atomic E-state index is -0.0783. The first-order valence-corrected chi connectivity index (χ1v) is 5.15. The van der Waals surface area contributed by atoms with E-state index in [1.807, 2.05) is 6.07 Å². The van der Waals surface area contributed by atoms with Crippen LogP contribution in [0.3, 0.4) is 0 Å². The van der Waals surface area contributed by atoms with Crippen LogP contribution in [0.4, 0.5) is 0 Å². The summed E-state index contributed by atoms with van der Waals surface area (Å²) < 4.78 is 5.25. The minimum Gasteiger partial charge on any atom is -0.380 e. The lowest BCUT2D eigenvalue weighted by Crippen LogP contribution is -2.63. The molecule has 2 heteroatoms. The van der Waals surface area contributed by atoms with Crippen molar-refractivity contribution < 1.29 is 4.74 Å². The number of hydrogen-bond donors (Lipinski definition) is 1. The van der Waals surface area contributed by atoms with E-state index in [4.69, 9.17) is 10.5 Å². The van der Waals surface area contributed by atoms with Gasteiger partial charge in [0.2, 0.25) is 0 Å². The quantitative estimate of drug-likeness (QED) is 0.729. The zero-order valence-corrected chi connectivity index (χ0v) is 8.20. The molecule has 0 bridgehead atoms. The number of hydrogen-bond acceptors (Lipinski definition) is 2. The van der Waals surface area contributed by atoms with Crippen LogP contribution >= 0.6 is 0 Å². The highest BCUT2D eigenvalue weighted by Crippen LogP contribution is 2.56. The van der Waals surface area contributed by atoms with Crippen LogP contribution in [0.1, 0.15) is 18.4 Å². The first-order valence-electron chi connectivity index (χ1n) is 5.15. The molecule has 0 unspecified atom stereocenters. The molecule has 2 aliphatic rings. The maximum atomic E-state index is 6.35. The Balaban J connectivity index is 1.81. The van der Waals surface area contributed by atoms with Crippen molar-refractivity contribution in [2.24, 2.45) is 11.1 Å². The largest absolute Gasteiger partial charge is 0.380 e. The van der Waals surface area contributed by atoms with Gasteiger partial charge in [0.05, 0.1) is 13.2 Å². The van der Waals surface area contributed by atoms with E-state index in [-0.39, 0.29) is 5.54 Å². The Morgan fingerprint density at radius 3 is 2.21 bits per heavy atom. The van der Waals surface area contributed by atoms with Gasteiger partial charge in [-0.25, -0.2) is 0 Å². The van der Waals surface area contributed by atoms with Crippen molar-refractivity contribution in [3.8, 4) is 0 Å². The Labute approximate surface area is 84.1 Å². The van der Waals surface area contributed by atoms with E-state index in [1.54, 1.807) is 0 Å². The maximum absolute atomic E-state index is 6.35.